The Morgan fingerprint density at radius 2 is 1.90 bits per heavy atom. The fourth-order valence-electron chi connectivity index (χ4n) is 2.39. The van der Waals surface area contributed by atoms with Crippen molar-refractivity contribution in [3.63, 3.8) is 0 Å². The summed E-state index contributed by atoms with van der Waals surface area (Å²) in [4.78, 5) is 23.9. The van der Waals surface area contributed by atoms with E-state index < -0.39 is 0 Å². The monoisotopic (exact) mass is 393 g/mol. The average Bonchev–Trinajstić information content (AvgIpc) is 2.72. The standard InChI is InChI=1S/C22H23N3O4/c1-4-13-29-19-10-9-17(14-20(19)28-3)15-23-25-22(27)12-11-21(26)24-18-8-6-5-7-16(18)2/h1,5-10,14-15H,11-13H2,2-3H3,(H,24,26)(H,25,27). The van der Waals surface area contributed by atoms with Crippen LogP contribution in [0.5, 0.6) is 11.5 Å². The number of para-hydroxylation sites is 1. The minimum Gasteiger partial charge on any atom is -0.493 e. The molecule has 2 amide bonds. The van der Waals surface area contributed by atoms with Crippen molar-refractivity contribution in [3.8, 4) is 23.8 Å². The summed E-state index contributed by atoms with van der Waals surface area (Å²) in [7, 11) is 1.52. The molecular weight excluding hydrogens is 370 g/mol. The van der Waals surface area contributed by atoms with Gasteiger partial charge in [0, 0.05) is 18.5 Å². The lowest BCUT2D eigenvalue weighted by Crippen LogP contribution is -2.20. The van der Waals surface area contributed by atoms with E-state index in [2.05, 4.69) is 21.8 Å². The zero-order valence-corrected chi connectivity index (χ0v) is 16.4. The lowest BCUT2D eigenvalue weighted by Gasteiger charge is -2.09. The number of nitrogens with zero attached hydrogens (tertiary/aromatic N) is 1. The third-order valence-electron chi connectivity index (χ3n) is 3.90. The van der Waals surface area contributed by atoms with Crippen molar-refractivity contribution < 1.29 is 19.1 Å². The van der Waals surface area contributed by atoms with Gasteiger partial charge in [-0.3, -0.25) is 9.59 Å². The summed E-state index contributed by atoms with van der Waals surface area (Å²) in [5.74, 6) is 2.82. The van der Waals surface area contributed by atoms with Crippen LogP contribution in [0.15, 0.2) is 47.6 Å². The van der Waals surface area contributed by atoms with Crippen LogP contribution in [0, 0.1) is 19.3 Å². The second kappa shape index (κ2) is 11.1. The summed E-state index contributed by atoms with van der Waals surface area (Å²) in [6, 6.07) is 12.6. The molecule has 0 spiro atoms. The van der Waals surface area contributed by atoms with Crippen molar-refractivity contribution in [2.75, 3.05) is 19.0 Å². The van der Waals surface area contributed by atoms with Crippen molar-refractivity contribution in [1.82, 2.24) is 5.43 Å². The molecule has 0 aliphatic rings. The van der Waals surface area contributed by atoms with Crippen LogP contribution in [0.2, 0.25) is 0 Å². The fraction of sp³-hybridized carbons (Fsp3) is 0.227. The molecule has 0 saturated heterocycles. The Kier molecular flexibility index (Phi) is 8.27. The van der Waals surface area contributed by atoms with E-state index in [1.54, 1.807) is 18.2 Å². The maximum absolute atomic E-state index is 12.0. The molecule has 0 bridgehead atoms. The highest BCUT2D eigenvalue weighted by atomic mass is 16.5. The number of carbonyl (C=O) groups is 2. The maximum atomic E-state index is 12.0. The van der Waals surface area contributed by atoms with E-state index in [4.69, 9.17) is 15.9 Å². The highest BCUT2D eigenvalue weighted by Gasteiger charge is 2.08. The summed E-state index contributed by atoms with van der Waals surface area (Å²) >= 11 is 0. The number of amides is 2. The van der Waals surface area contributed by atoms with Gasteiger partial charge in [-0.2, -0.15) is 5.10 Å². The van der Waals surface area contributed by atoms with Gasteiger partial charge >= 0.3 is 0 Å². The van der Waals surface area contributed by atoms with Crippen LogP contribution in [0.4, 0.5) is 5.69 Å². The number of hydrogen-bond acceptors (Lipinski definition) is 5. The Labute approximate surface area is 170 Å². The highest BCUT2D eigenvalue weighted by Crippen LogP contribution is 2.27. The van der Waals surface area contributed by atoms with Gasteiger partial charge in [0.05, 0.1) is 13.3 Å². The van der Waals surface area contributed by atoms with Gasteiger partial charge in [0.15, 0.2) is 11.5 Å². The minimum atomic E-state index is -0.359. The molecule has 29 heavy (non-hydrogen) atoms. The van der Waals surface area contributed by atoms with Crippen molar-refractivity contribution in [3.05, 3.63) is 53.6 Å². The summed E-state index contributed by atoms with van der Waals surface area (Å²) in [5.41, 5.74) is 4.80. The minimum absolute atomic E-state index is 0.0250. The zero-order chi connectivity index (χ0) is 21.1. The van der Waals surface area contributed by atoms with Crippen LogP contribution < -0.4 is 20.2 Å². The molecule has 0 aromatic heterocycles. The van der Waals surface area contributed by atoms with Crippen LogP contribution in [0.1, 0.15) is 24.0 Å². The number of ether oxygens (including phenoxy) is 2. The molecular formula is C22H23N3O4. The van der Waals surface area contributed by atoms with Crippen molar-refractivity contribution in [2.24, 2.45) is 5.10 Å². The van der Waals surface area contributed by atoms with Gasteiger partial charge in [0.25, 0.3) is 0 Å². The van der Waals surface area contributed by atoms with E-state index >= 15 is 0 Å². The number of aryl methyl sites for hydroxylation is 1. The van der Waals surface area contributed by atoms with Gasteiger partial charge in [-0.15, -0.1) is 6.42 Å². The largest absolute Gasteiger partial charge is 0.493 e. The number of nitrogens with one attached hydrogen (secondary N) is 2. The Hall–Kier alpha value is -3.79. The van der Waals surface area contributed by atoms with Crippen LogP contribution in [-0.4, -0.2) is 31.7 Å². The number of rotatable bonds is 9. The first-order valence-corrected chi connectivity index (χ1v) is 8.95. The van der Waals surface area contributed by atoms with Crippen LogP contribution in [-0.2, 0) is 9.59 Å². The number of hydrazone groups is 1. The molecule has 2 rings (SSSR count). The van der Waals surface area contributed by atoms with E-state index in [0.717, 1.165) is 11.3 Å². The Bertz CT molecular complexity index is 932. The molecule has 0 heterocycles. The number of hydrogen-bond donors (Lipinski definition) is 2. The Morgan fingerprint density at radius 3 is 2.62 bits per heavy atom. The summed E-state index contributed by atoms with van der Waals surface area (Å²) in [6.45, 7) is 2.04. The second-order valence-electron chi connectivity index (χ2n) is 6.06. The zero-order valence-electron chi connectivity index (χ0n) is 16.4. The predicted molar refractivity (Wildman–Crippen MR) is 112 cm³/mol. The number of methoxy groups -OCH3 is 1. The fourth-order valence-corrected chi connectivity index (χ4v) is 2.39. The van der Waals surface area contributed by atoms with Gasteiger partial charge in [0.1, 0.15) is 6.61 Å². The van der Waals surface area contributed by atoms with E-state index in [-0.39, 0.29) is 31.3 Å². The number of terminal acetylenes is 1. The number of anilines is 1. The van der Waals surface area contributed by atoms with E-state index in [9.17, 15) is 9.59 Å². The molecule has 0 radical (unpaired) electrons. The predicted octanol–water partition coefficient (Wildman–Crippen LogP) is 2.88. The first kappa shape index (κ1) is 21.5. The molecule has 0 aliphatic heterocycles. The van der Waals surface area contributed by atoms with Gasteiger partial charge in [-0.05, 0) is 42.3 Å². The van der Waals surface area contributed by atoms with Crippen molar-refractivity contribution >= 4 is 23.7 Å². The molecule has 0 saturated carbocycles. The SMILES string of the molecule is C#CCOc1ccc(C=NNC(=O)CCC(=O)Nc2ccccc2C)cc1OC. The first-order valence-electron chi connectivity index (χ1n) is 8.95. The normalized spacial score (nSPS) is 10.2. The van der Waals surface area contributed by atoms with Crippen molar-refractivity contribution in [2.45, 2.75) is 19.8 Å². The highest BCUT2D eigenvalue weighted by molar-refractivity contribution is 5.94. The lowest BCUT2D eigenvalue weighted by atomic mass is 10.2. The molecule has 2 N–H and O–H groups in total. The van der Waals surface area contributed by atoms with Gasteiger partial charge in [-0.1, -0.05) is 24.1 Å². The molecule has 2 aromatic rings. The first-order chi connectivity index (χ1) is 14.0. The molecule has 0 unspecified atom stereocenters. The molecule has 7 nitrogen and oxygen atoms in total. The quantitative estimate of drug-likeness (QED) is 0.389. The molecule has 2 aromatic carbocycles. The van der Waals surface area contributed by atoms with Gasteiger partial charge in [0.2, 0.25) is 11.8 Å². The molecule has 150 valence electrons. The average molecular weight is 393 g/mol. The Balaban J connectivity index is 1.81. The smallest absolute Gasteiger partial charge is 0.240 e. The molecule has 0 aliphatic carbocycles. The summed E-state index contributed by atoms with van der Waals surface area (Å²) < 4.78 is 10.6. The lowest BCUT2D eigenvalue weighted by molar-refractivity contribution is -0.124. The third kappa shape index (κ3) is 7.03. The van der Waals surface area contributed by atoms with E-state index in [1.165, 1.54) is 13.3 Å². The van der Waals surface area contributed by atoms with Crippen molar-refractivity contribution in [1.29, 1.82) is 0 Å². The van der Waals surface area contributed by atoms with Crippen LogP contribution >= 0.6 is 0 Å². The van der Waals surface area contributed by atoms with Crippen LogP contribution in [0.3, 0.4) is 0 Å². The number of carbonyl (C=O) groups excluding carboxylic acids is 2. The topological polar surface area (TPSA) is 89.0 Å². The van der Waals surface area contributed by atoms with E-state index in [1.807, 2.05) is 31.2 Å². The van der Waals surface area contributed by atoms with Gasteiger partial charge in [-0.25, -0.2) is 5.43 Å². The van der Waals surface area contributed by atoms with Gasteiger partial charge < -0.3 is 14.8 Å². The van der Waals surface area contributed by atoms with E-state index in [0.29, 0.717) is 17.1 Å². The summed E-state index contributed by atoms with van der Waals surface area (Å²) in [6.07, 6.45) is 6.73. The number of benzene rings is 2. The summed E-state index contributed by atoms with van der Waals surface area (Å²) in [5, 5.41) is 6.68. The Morgan fingerprint density at radius 1 is 1.14 bits per heavy atom. The second-order valence-corrected chi connectivity index (χ2v) is 6.06. The molecule has 0 atom stereocenters. The van der Waals surface area contributed by atoms with Crippen LogP contribution in [0.25, 0.3) is 0 Å². The third-order valence-corrected chi connectivity index (χ3v) is 3.90. The maximum Gasteiger partial charge on any atom is 0.240 e. The molecule has 0 fully saturated rings. The molecule has 7 heteroatoms.